The summed E-state index contributed by atoms with van der Waals surface area (Å²) in [6.07, 6.45) is 8.42. The molecule has 3 heterocycles. The number of anilines is 1. The van der Waals surface area contributed by atoms with Gasteiger partial charge < -0.3 is 9.88 Å². The van der Waals surface area contributed by atoms with E-state index in [1.54, 1.807) is 11.0 Å². The third-order valence-electron chi connectivity index (χ3n) is 8.11. The Hall–Kier alpha value is -3.64. The van der Waals surface area contributed by atoms with Crippen molar-refractivity contribution in [3.63, 3.8) is 0 Å². The molecule has 1 amide bonds. The number of likely N-dealkylation sites (tertiary alicyclic amines) is 2. The number of halogens is 3. The zero-order valence-corrected chi connectivity index (χ0v) is 24.0. The van der Waals surface area contributed by atoms with Crippen molar-refractivity contribution in [1.82, 2.24) is 14.8 Å². The van der Waals surface area contributed by atoms with E-state index in [1.165, 1.54) is 12.2 Å². The molecule has 224 valence electrons. The van der Waals surface area contributed by atoms with E-state index in [0.717, 1.165) is 60.8 Å². The molecule has 8 nitrogen and oxygen atoms in total. The first-order chi connectivity index (χ1) is 20.0. The SMILES string of the molecule is CS(=O)(=O)Nc1ccc2[nH]cc(C3CCN(CC(=O)C4CCN(C(=O)/C=C/c5cc(F)c(F)c(F)c5)CC4)CC3)c2c1. The number of ketones is 1. The highest BCUT2D eigenvalue weighted by Crippen LogP contribution is 2.34. The van der Waals surface area contributed by atoms with E-state index in [2.05, 4.69) is 14.6 Å². The fraction of sp³-hybridized carbons (Fsp3) is 0.400. The van der Waals surface area contributed by atoms with Crippen LogP contribution >= 0.6 is 0 Å². The lowest BCUT2D eigenvalue weighted by molar-refractivity contribution is -0.131. The number of nitrogens with one attached hydrogen (secondary N) is 2. The number of carbonyl (C=O) groups excluding carboxylic acids is 2. The Kier molecular flexibility index (Phi) is 8.74. The van der Waals surface area contributed by atoms with E-state index in [1.807, 2.05) is 18.3 Å². The second-order valence-corrected chi connectivity index (χ2v) is 12.9. The molecule has 0 bridgehead atoms. The van der Waals surface area contributed by atoms with Crippen molar-refractivity contribution in [2.75, 3.05) is 43.7 Å². The molecule has 2 aromatic carbocycles. The number of benzene rings is 2. The Morgan fingerprint density at radius 2 is 1.67 bits per heavy atom. The van der Waals surface area contributed by atoms with Crippen molar-refractivity contribution in [3.8, 4) is 0 Å². The molecule has 12 heteroatoms. The molecule has 2 saturated heterocycles. The Morgan fingerprint density at radius 1 is 1.00 bits per heavy atom. The second kappa shape index (κ2) is 12.3. The van der Waals surface area contributed by atoms with Gasteiger partial charge in [0.1, 0.15) is 5.78 Å². The largest absolute Gasteiger partial charge is 0.361 e. The van der Waals surface area contributed by atoms with Crippen LogP contribution in [0.25, 0.3) is 17.0 Å². The molecule has 0 aliphatic carbocycles. The van der Waals surface area contributed by atoms with Gasteiger partial charge in [0, 0.05) is 47.9 Å². The summed E-state index contributed by atoms with van der Waals surface area (Å²) in [5, 5.41) is 0.992. The van der Waals surface area contributed by atoms with E-state index in [0.29, 0.717) is 44.1 Å². The standard InChI is InChI=1S/C30H33F3N4O4S/c1-42(40,41)35-22-3-4-27-23(16-22)24(17-34-27)20-6-10-36(11-7-20)18-28(38)21-8-12-37(13-9-21)29(39)5-2-19-14-25(31)30(33)26(32)15-19/h2-5,14-17,20-21,34-35H,6-13,18H2,1H3/b5-2+. The van der Waals surface area contributed by atoms with Gasteiger partial charge in [-0.1, -0.05) is 0 Å². The Bertz CT molecular complexity index is 1600. The number of rotatable bonds is 8. The Labute approximate surface area is 242 Å². The fourth-order valence-corrected chi connectivity index (χ4v) is 6.43. The molecule has 0 saturated carbocycles. The Balaban J connectivity index is 1.09. The first-order valence-electron chi connectivity index (χ1n) is 13.9. The number of fused-ring (bicyclic) bond motifs is 1. The second-order valence-electron chi connectivity index (χ2n) is 11.1. The number of aromatic nitrogens is 1. The minimum absolute atomic E-state index is 0.0481. The van der Waals surface area contributed by atoms with E-state index >= 15 is 0 Å². The third-order valence-corrected chi connectivity index (χ3v) is 8.72. The molecule has 1 aromatic heterocycles. The molecule has 5 rings (SSSR count). The van der Waals surface area contributed by atoms with Crippen LogP contribution in [0.1, 0.15) is 42.7 Å². The maximum absolute atomic E-state index is 13.4. The Morgan fingerprint density at radius 3 is 2.31 bits per heavy atom. The highest BCUT2D eigenvalue weighted by atomic mass is 32.2. The molecular weight excluding hydrogens is 569 g/mol. The zero-order valence-electron chi connectivity index (χ0n) is 23.2. The number of Topliss-reactive ketones (excluding diaryl/α,β-unsaturated/α-hetero) is 1. The molecule has 2 N–H and O–H groups in total. The minimum atomic E-state index is -3.37. The van der Waals surface area contributed by atoms with Crippen LogP contribution in [0.2, 0.25) is 0 Å². The van der Waals surface area contributed by atoms with Crippen LogP contribution in [0.4, 0.5) is 18.9 Å². The van der Waals surface area contributed by atoms with Gasteiger partial charge in [0.25, 0.3) is 0 Å². The van der Waals surface area contributed by atoms with Crippen LogP contribution < -0.4 is 4.72 Å². The average molecular weight is 603 g/mol. The number of carbonyl (C=O) groups is 2. The zero-order chi connectivity index (χ0) is 30.0. The van der Waals surface area contributed by atoms with Gasteiger partial charge in [-0.15, -0.1) is 0 Å². The monoisotopic (exact) mass is 602 g/mol. The lowest BCUT2D eigenvalue weighted by Gasteiger charge is -2.34. The smallest absolute Gasteiger partial charge is 0.246 e. The van der Waals surface area contributed by atoms with Crippen molar-refractivity contribution >= 4 is 44.4 Å². The topological polar surface area (TPSA) is 103 Å². The van der Waals surface area contributed by atoms with Gasteiger partial charge >= 0.3 is 0 Å². The molecule has 0 unspecified atom stereocenters. The molecule has 42 heavy (non-hydrogen) atoms. The summed E-state index contributed by atoms with van der Waals surface area (Å²) < 4.78 is 65.8. The molecule has 0 atom stereocenters. The molecule has 0 spiro atoms. The van der Waals surface area contributed by atoms with Gasteiger partial charge in [-0.3, -0.25) is 19.2 Å². The van der Waals surface area contributed by atoms with Gasteiger partial charge in [0.15, 0.2) is 17.5 Å². The van der Waals surface area contributed by atoms with Crippen LogP contribution in [0.3, 0.4) is 0 Å². The van der Waals surface area contributed by atoms with Crippen molar-refractivity contribution < 1.29 is 31.2 Å². The number of hydrogen-bond donors (Lipinski definition) is 2. The lowest BCUT2D eigenvalue weighted by Crippen LogP contribution is -2.43. The highest BCUT2D eigenvalue weighted by molar-refractivity contribution is 7.92. The van der Waals surface area contributed by atoms with Crippen molar-refractivity contribution in [2.24, 2.45) is 5.92 Å². The molecule has 2 fully saturated rings. The van der Waals surface area contributed by atoms with Gasteiger partial charge in [-0.25, -0.2) is 21.6 Å². The first-order valence-corrected chi connectivity index (χ1v) is 15.8. The van der Waals surface area contributed by atoms with Gasteiger partial charge in [-0.2, -0.15) is 0 Å². The third kappa shape index (κ3) is 7.04. The van der Waals surface area contributed by atoms with Gasteiger partial charge in [0.05, 0.1) is 12.8 Å². The minimum Gasteiger partial charge on any atom is -0.361 e. The molecule has 0 radical (unpaired) electrons. The normalized spacial score (nSPS) is 17.8. The molecule has 2 aliphatic rings. The van der Waals surface area contributed by atoms with Gasteiger partial charge in [0.2, 0.25) is 15.9 Å². The quantitative estimate of drug-likeness (QED) is 0.289. The van der Waals surface area contributed by atoms with Crippen LogP contribution in [-0.4, -0.2) is 73.9 Å². The lowest BCUT2D eigenvalue weighted by atomic mass is 9.88. The summed E-state index contributed by atoms with van der Waals surface area (Å²) in [6.45, 7) is 2.73. The molecule has 2 aliphatic heterocycles. The number of aromatic amines is 1. The van der Waals surface area contributed by atoms with Crippen LogP contribution in [0, 0.1) is 23.4 Å². The van der Waals surface area contributed by atoms with E-state index < -0.39 is 27.5 Å². The number of amides is 1. The van der Waals surface area contributed by atoms with Gasteiger partial charge in [-0.05, 0) is 92.2 Å². The maximum Gasteiger partial charge on any atom is 0.246 e. The van der Waals surface area contributed by atoms with Crippen molar-refractivity contribution in [3.05, 3.63) is 71.2 Å². The van der Waals surface area contributed by atoms with E-state index in [-0.39, 0.29) is 23.2 Å². The summed E-state index contributed by atoms with van der Waals surface area (Å²) in [5.41, 5.74) is 2.66. The van der Waals surface area contributed by atoms with Crippen LogP contribution in [-0.2, 0) is 19.6 Å². The number of nitrogens with zero attached hydrogens (tertiary/aromatic N) is 2. The number of sulfonamides is 1. The number of H-pyrrole nitrogens is 1. The van der Waals surface area contributed by atoms with Crippen LogP contribution in [0.15, 0.2) is 42.6 Å². The van der Waals surface area contributed by atoms with Crippen molar-refractivity contribution in [1.29, 1.82) is 0 Å². The summed E-state index contributed by atoms with van der Waals surface area (Å²) >= 11 is 0. The van der Waals surface area contributed by atoms with E-state index in [9.17, 15) is 31.2 Å². The highest BCUT2D eigenvalue weighted by Gasteiger charge is 2.29. The van der Waals surface area contributed by atoms with E-state index in [4.69, 9.17) is 0 Å². The summed E-state index contributed by atoms with van der Waals surface area (Å²) in [5.74, 6) is -4.19. The molecular formula is C30H33F3N4O4S. The maximum atomic E-state index is 13.4. The predicted octanol–water partition coefficient (Wildman–Crippen LogP) is 4.66. The predicted molar refractivity (Wildman–Crippen MR) is 155 cm³/mol. The van der Waals surface area contributed by atoms with Crippen molar-refractivity contribution in [2.45, 2.75) is 31.6 Å². The average Bonchev–Trinajstić information content (AvgIpc) is 3.37. The van der Waals surface area contributed by atoms with Crippen LogP contribution in [0.5, 0.6) is 0 Å². The number of piperidine rings is 2. The first kappa shape index (κ1) is 29.8. The molecule has 3 aromatic rings. The summed E-state index contributed by atoms with van der Waals surface area (Å²) in [7, 11) is -3.37. The summed E-state index contributed by atoms with van der Waals surface area (Å²) in [4.78, 5) is 32.6. The summed E-state index contributed by atoms with van der Waals surface area (Å²) in [6, 6.07) is 7.10. The number of hydrogen-bond acceptors (Lipinski definition) is 5. The fourth-order valence-electron chi connectivity index (χ4n) is 5.88.